The standard InChI is InChI=1S/C33H35N5O5/c1-2-42-24-12-8-22(9-13-24)17-29-32(40)38-30(33(41)37-29)27(28(31(34)39)18-23-19-35-20-36-23)16-21-10-14-26(15-11-21)43-25-6-4-3-5-7-25/h3-15,19-20,27-30H,2,16-18H2,1H3,(H2,34,39)(H,35,36)(H,37,41)(H,38,40). The van der Waals surface area contributed by atoms with Crippen molar-refractivity contribution in [3.63, 3.8) is 0 Å². The minimum Gasteiger partial charge on any atom is -0.494 e. The Labute approximate surface area is 250 Å². The van der Waals surface area contributed by atoms with Crippen molar-refractivity contribution < 1.29 is 23.9 Å². The van der Waals surface area contributed by atoms with Crippen molar-refractivity contribution in [3.05, 3.63) is 108 Å². The van der Waals surface area contributed by atoms with Crippen LogP contribution in [0.15, 0.2) is 91.4 Å². The summed E-state index contributed by atoms with van der Waals surface area (Å²) >= 11 is 0. The lowest BCUT2D eigenvalue weighted by molar-refractivity contribution is -0.139. The quantitative estimate of drug-likeness (QED) is 0.190. The molecule has 0 spiro atoms. The fourth-order valence-corrected chi connectivity index (χ4v) is 5.39. The predicted octanol–water partition coefficient (Wildman–Crippen LogP) is 3.33. The van der Waals surface area contributed by atoms with Gasteiger partial charge in [-0.25, -0.2) is 4.98 Å². The largest absolute Gasteiger partial charge is 0.494 e. The molecule has 1 aliphatic rings. The minimum atomic E-state index is -0.968. The molecule has 1 saturated heterocycles. The summed E-state index contributed by atoms with van der Waals surface area (Å²) in [6.45, 7) is 2.47. The third kappa shape index (κ3) is 7.59. The minimum absolute atomic E-state index is 0.241. The van der Waals surface area contributed by atoms with E-state index in [2.05, 4.69) is 20.6 Å². The smallest absolute Gasteiger partial charge is 0.243 e. The number of ether oxygens (including phenoxy) is 2. The van der Waals surface area contributed by atoms with E-state index in [-0.39, 0.29) is 18.2 Å². The summed E-state index contributed by atoms with van der Waals surface area (Å²) in [5, 5.41) is 5.80. The number of hydrogen-bond acceptors (Lipinski definition) is 6. The van der Waals surface area contributed by atoms with Crippen LogP contribution in [0.3, 0.4) is 0 Å². The average Bonchev–Trinajstić information content (AvgIpc) is 3.53. The van der Waals surface area contributed by atoms with Crippen LogP contribution in [-0.2, 0) is 33.6 Å². The molecule has 0 saturated carbocycles. The summed E-state index contributed by atoms with van der Waals surface area (Å²) in [6, 6.07) is 22.6. The molecule has 222 valence electrons. The highest BCUT2D eigenvalue weighted by atomic mass is 16.5. The molecule has 43 heavy (non-hydrogen) atoms. The van der Waals surface area contributed by atoms with E-state index >= 15 is 0 Å². The molecule has 4 aromatic rings. The maximum atomic E-state index is 13.6. The maximum Gasteiger partial charge on any atom is 0.243 e. The van der Waals surface area contributed by atoms with E-state index in [1.54, 1.807) is 6.20 Å². The zero-order valence-electron chi connectivity index (χ0n) is 23.9. The van der Waals surface area contributed by atoms with Crippen molar-refractivity contribution in [1.29, 1.82) is 0 Å². The van der Waals surface area contributed by atoms with Crippen LogP contribution >= 0.6 is 0 Å². The Balaban J connectivity index is 1.34. The van der Waals surface area contributed by atoms with Gasteiger partial charge in [-0.1, -0.05) is 42.5 Å². The first kappa shape index (κ1) is 29.4. The summed E-state index contributed by atoms with van der Waals surface area (Å²) in [6.07, 6.45) is 4.01. The number of para-hydroxylation sites is 1. The molecule has 5 N–H and O–H groups in total. The molecule has 10 nitrogen and oxygen atoms in total. The topological polar surface area (TPSA) is 148 Å². The molecule has 0 bridgehead atoms. The Bertz CT molecular complexity index is 1510. The SMILES string of the molecule is CCOc1ccc(CC2NC(=O)C(C(Cc3ccc(Oc4ccccc4)cc3)C(Cc3cnc[nH]3)C(N)=O)NC2=O)cc1. The molecule has 5 rings (SSSR count). The van der Waals surface area contributed by atoms with Gasteiger partial charge in [0.05, 0.1) is 12.9 Å². The predicted molar refractivity (Wildman–Crippen MR) is 160 cm³/mol. The molecule has 0 radical (unpaired) electrons. The van der Waals surface area contributed by atoms with Gasteiger partial charge in [0, 0.05) is 36.6 Å². The molecule has 1 aliphatic heterocycles. The number of carbonyl (C=O) groups is 3. The fraction of sp³-hybridized carbons (Fsp3) is 0.273. The molecule has 4 unspecified atom stereocenters. The lowest BCUT2D eigenvalue weighted by Gasteiger charge is -2.37. The summed E-state index contributed by atoms with van der Waals surface area (Å²) in [4.78, 5) is 46.8. The van der Waals surface area contributed by atoms with Crippen LogP contribution in [0.1, 0.15) is 23.7 Å². The van der Waals surface area contributed by atoms with Crippen LogP contribution in [-0.4, -0.2) is 46.4 Å². The molecular formula is C33H35N5O5. The van der Waals surface area contributed by atoms with E-state index in [1.807, 2.05) is 85.8 Å². The number of aromatic amines is 1. The molecule has 10 heteroatoms. The molecular weight excluding hydrogens is 546 g/mol. The number of imidazole rings is 1. The highest BCUT2D eigenvalue weighted by Crippen LogP contribution is 2.28. The fourth-order valence-electron chi connectivity index (χ4n) is 5.39. The van der Waals surface area contributed by atoms with Gasteiger partial charge in [0.15, 0.2) is 0 Å². The molecule has 3 amide bonds. The van der Waals surface area contributed by atoms with Gasteiger partial charge in [0.1, 0.15) is 29.3 Å². The summed E-state index contributed by atoms with van der Waals surface area (Å²) in [5.41, 5.74) is 8.37. The van der Waals surface area contributed by atoms with Gasteiger partial charge in [-0.3, -0.25) is 14.4 Å². The number of piperazine rings is 1. The summed E-state index contributed by atoms with van der Waals surface area (Å²) < 4.78 is 11.4. The van der Waals surface area contributed by atoms with Gasteiger partial charge in [-0.15, -0.1) is 0 Å². The van der Waals surface area contributed by atoms with E-state index < -0.39 is 29.8 Å². The number of nitrogens with one attached hydrogen (secondary N) is 3. The number of aromatic nitrogens is 2. The zero-order chi connectivity index (χ0) is 30.2. The van der Waals surface area contributed by atoms with Gasteiger partial charge in [-0.05, 0) is 60.9 Å². The Kier molecular flexibility index (Phi) is 9.36. The Morgan fingerprint density at radius 1 is 0.860 bits per heavy atom. The molecule has 0 aliphatic carbocycles. The third-order valence-electron chi connectivity index (χ3n) is 7.57. The normalized spacial score (nSPS) is 17.8. The first-order valence-electron chi connectivity index (χ1n) is 14.3. The van der Waals surface area contributed by atoms with Crippen molar-refractivity contribution in [1.82, 2.24) is 20.6 Å². The van der Waals surface area contributed by atoms with Crippen LogP contribution in [0.25, 0.3) is 0 Å². The first-order chi connectivity index (χ1) is 20.9. The van der Waals surface area contributed by atoms with E-state index in [1.165, 1.54) is 6.33 Å². The average molecular weight is 582 g/mol. The molecule has 2 heterocycles. The van der Waals surface area contributed by atoms with Gasteiger partial charge < -0.3 is 30.8 Å². The van der Waals surface area contributed by atoms with Gasteiger partial charge in [0.25, 0.3) is 0 Å². The van der Waals surface area contributed by atoms with Crippen molar-refractivity contribution in [2.45, 2.75) is 38.3 Å². The molecule has 4 atom stereocenters. The van der Waals surface area contributed by atoms with Crippen molar-refractivity contribution in [3.8, 4) is 17.2 Å². The number of nitrogens with zero attached hydrogens (tertiary/aromatic N) is 1. The number of nitrogens with two attached hydrogens (primary N) is 1. The Hall–Kier alpha value is -5.12. The second kappa shape index (κ2) is 13.7. The number of benzene rings is 3. The number of rotatable bonds is 13. The van der Waals surface area contributed by atoms with Crippen LogP contribution in [0.5, 0.6) is 17.2 Å². The van der Waals surface area contributed by atoms with Crippen molar-refractivity contribution >= 4 is 17.7 Å². The maximum absolute atomic E-state index is 13.6. The molecule has 3 aromatic carbocycles. The van der Waals surface area contributed by atoms with Gasteiger partial charge in [0.2, 0.25) is 17.7 Å². The number of hydrogen-bond donors (Lipinski definition) is 4. The first-order valence-corrected chi connectivity index (χ1v) is 14.3. The van der Waals surface area contributed by atoms with Crippen molar-refractivity contribution in [2.24, 2.45) is 17.6 Å². The summed E-state index contributed by atoms with van der Waals surface area (Å²) in [7, 11) is 0. The van der Waals surface area contributed by atoms with Crippen LogP contribution in [0.4, 0.5) is 0 Å². The van der Waals surface area contributed by atoms with E-state index in [9.17, 15) is 14.4 Å². The molecule has 1 fully saturated rings. The van der Waals surface area contributed by atoms with Crippen molar-refractivity contribution in [2.75, 3.05) is 6.61 Å². The molecule has 1 aromatic heterocycles. The number of H-pyrrole nitrogens is 1. The Morgan fingerprint density at radius 3 is 2.19 bits per heavy atom. The number of amides is 3. The van der Waals surface area contributed by atoms with E-state index in [0.29, 0.717) is 36.6 Å². The van der Waals surface area contributed by atoms with E-state index in [0.717, 1.165) is 16.9 Å². The number of carbonyl (C=O) groups excluding carboxylic acids is 3. The zero-order valence-corrected chi connectivity index (χ0v) is 23.9. The monoisotopic (exact) mass is 581 g/mol. The highest BCUT2D eigenvalue weighted by Gasteiger charge is 2.43. The van der Waals surface area contributed by atoms with Crippen LogP contribution in [0, 0.1) is 11.8 Å². The second-order valence-electron chi connectivity index (χ2n) is 10.5. The van der Waals surface area contributed by atoms with Crippen LogP contribution in [0.2, 0.25) is 0 Å². The lowest BCUT2D eigenvalue weighted by Crippen LogP contribution is -2.65. The summed E-state index contributed by atoms with van der Waals surface area (Å²) in [5.74, 6) is -0.543. The second-order valence-corrected chi connectivity index (χ2v) is 10.5. The lowest BCUT2D eigenvalue weighted by atomic mass is 9.77. The van der Waals surface area contributed by atoms with E-state index in [4.69, 9.17) is 15.2 Å². The highest BCUT2D eigenvalue weighted by molar-refractivity contribution is 5.97. The van der Waals surface area contributed by atoms with Crippen LogP contribution < -0.4 is 25.8 Å². The van der Waals surface area contributed by atoms with Gasteiger partial charge >= 0.3 is 0 Å². The Morgan fingerprint density at radius 2 is 1.53 bits per heavy atom. The number of primary amides is 1. The van der Waals surface area contributed by atoms with Gasteiger partial charge in [-0.2, -0.15) is 0 Å². The third-order valence-corrected chi connectivity index (χ3v) is 7.57.